The van der Waals surface area contributed by atoms with Gasteiger partial charge in [0.1, 0.15) is 18.3 Å². The minimum atomic E-state index is -4.18. The Morgan fingerprint density at radius 1 is 0.927 bits per heavy atom. The van der Waals surface area contributed by atoms with Gasteiger partial charge in [-0.15, -0.1) is 0 Å². The molecule has 0 radical (unpaired) electrons. The topological polar surface area (TPSA) is 96.0 Å². The molecule has 0 aliphatic carbocycles. The molecule has 0 saturated carbocycles. The molecule has 220 valence electrons. The van der Waals surface area contributed by atoms with Crippen LogP contribution in [0.5, 0.6) is 5.75 Å². The number of carbonyl (C=O) groups excluding carboxylic acids is 2. The van der Waals surface area contributed by atoms with Crippen LogP contribution < -0.4 is 14.4 Å². The van der Waals surface area contributed by atoms with E-state index in [1.165, 1.54) is 29.2 Å². The number of unbranched alkanes of at least 4 members (excludes halogenated alkanes) is 1. The lowest BCUT2D eigenvalue weighted by Gasteiger charge is -2.33. The molecule has 10 heteroatoms. The SMILES string of the molecule is CCCCNC(=O)[C@H](CC)N(Cc1ccccc1)C(=O)CN(c1ccc(OCC)cc1)S(=O)(=O)c1ccc(Cl)cc1. The molecule has 3 aromatic rings. The number of hydrogen-bond donors (Lipinski definition) is 1. The number of hydrogen-bond acceptors (Lipinski definition) is 5. The van der Waals surface area contributed by atoms with E-state index >= 15 is 0 Å². The van der Waals surface area contributed by atoms with E-state index in [0.717, 1.165) is 22.7 Å². The first kappa shape index (κ1) is 32.0. The van der Waals surface area contributed by atoms with Crippen molar-refractivity contribution in [1.29, 1.82) is 0 Å². The van der Waals surface area contributed by atoms with Crippen LogP contribution in [0.25, 0.3) is 0 Å². The normalized spacial score (nSPS) is 11.9. The van der Waals surface area contributed by atoms with E-state index in [0.29, 0.717) is 30.3 Å². The molecule has 0 bridgehead atoms. The van der Waals surface area contributed by atoms with Gasteiger partial charge in [0.25, 0.3) is 10.0 Å². The lowest BCUT2D eigenvalue weighted by Crippen LogP contribution is -2.52. The van der Waals surface area contributed by atoms with Crippen LogP contribution >= 0.6 is 11.6 Å². The smallest absolute Gasteiger partial charge is 0.264 e. The standard InChI is InChI=1S/C31H38ClN3O5S/c1-4-7-21-33-31(37)29(5-2)34(22-24-11-9-8-10-12-24)30(36)23-35(26-15-17-27(18-16-26)40-6-3)41(38,39)28-19-13-25(32)14-20-28/h8-20,29H,4-7,21-23H2,1-3H3,(H,33,37)/t29-/m0/s1. The third kappa shape index (κ3) is 8.71. The highest BCUT2D eigenvalue weighted by Gasteiger charge is 2.33. The second-order valence-electron chi connectivity index (χ2n) is 9.47. The van der Waals surface area contributed by atoms with Gasteiger partial charge in [-0.1, -0.05) is 62.2 Å². The molecule has 0 aromatic heterocycles. The first-order valence-electron chi connectivity index (χ1n) is 13.8. The summed E-state index contributed by atoms with van der Waals surface area (Å²) in [6.45, 7) is 6.32. The minimum Gasteiger partial charge on any atom is -0.494 e. The summed E-state index contributed by atoms with van der Waals surface area (Å²) in [5, 5.41) is 3.32. The molecule has 0 saturated heterocycles. The van der Waals surface area contributed by atoms with Crippen LogP contribution in [0.15, 0.2) is 83.8 Å². The molecule has 0 spiro atoms. The van der Waals surface area contributed by atoms with Gasteiger partial charge in [0.15, 0.2) is 0 Å². The molecule has 2 amide bonds. The average Bonchev–Trinajstić information content (AvgIpc) is 2.97. The summed E-state index contributed by atoms with van der Waals surface area (Å²) in [4.78, 5) is 28.7. The van der Waals surface area contributed by atoms with Gasteiger partial charge >= 0.3 is 0 Å². The highest BCUT2D eigenvalue weighted by Crippen LogP contribution is 2.27. The van der Waals surface area contributed by atoms with Gasteiger partial charge in [0.2, 0.25) is 11.8 Å². The first-order chi connectivity index (χ1) is 19.7. The van der Waals surface area contributed by atoms with E-state index in [4.69, 9.17) is 16.3 Å². The number of ether oxygens (including phenoxy) is 1. The fraction of sp³-hybridized carbons (Fsp3) is 0.355. The lowest BCUT2D eigenvalue weighted by molar-refractivity contribution is -0.140. The lowest BCUT2D eigenvalue weighted by atomic mass is 10.1. The van der Waals surface area contributed by atoms with Gasteiger partial charge in [-0.2, -0.15) is 0 Å². The van der Waals surface area contributed by atoms with Crippen LogP contribution in [-0.2, 0) is 26.2 Å². The van der Waals surface area contributed by atoms with Crippen molar-refractivity contribution in [3.8, 4) is 5.75 Å². The molecule has 0 fully saturated rings. The Labute approximate surface area is 248 Å². The van der Waals surface area contributed by atoms with Gasteiger partial charge < -0.3 is 15.0 Å². The van der Waals surface area contributed by atoms with Crippen molar-refractivity contribution in [3.63, 3.8) is 0 Å². The van der Waals surface area contributed by atoms with Gasteiger partial charge in [-0.25, -0.2) is 8.42 Å². The molecule has 3 rings (SSSR count). The number of rotatable bonds is 15. The summed E-state index contributed by atoms with van der Waals surface area (Å²) in [5.41, 5.74) is 1.12. The number of sulfonamides is 1. The zero-order chi connectivity index (χ0) is 29.8. The third-order valence-corrected chi connectivity index (χ3v) is 8.57. The highest BCUT2D eigenvalue weighted by atomic mass is 35.5. The molecule has 3 aromatic carbocycles. The molecule has 41 heavy (non-hydrogen) atoms. The summed E-state index contributed by atoms with van der Waals surface area (Å²) >= 11 is 6.01. The fourth-order valence-corrected chi connectivity index (χ4v) is 5.88. The maximum atomic E-state index is 14.1. The van der Waals surface area contributed by atoms with Gasteiger partial charge in [0, 0.05) is 18.1 Å². The minimum absolute atomic E-state index is 0.0115. The number of amides is 2. The van der Waals surface area contributed by atoms with Crippen LogP contribution in [0.4, 0.5) is 5.69 Å². The van der Waals surface area contributed by atoms with Crippen LogP contribution in [0.2, 0.25) is 5.02 Å². The average molecular weight is 600 g/mol. The fourth-order valence-electron chi connectivity index (χ4n) is 4.34. The van der Waals surface area contributed by atoms with Gasteiger partial charge in [0.05, 0.1) is 17.2 Å². The quantitative estimate of drug-likeness (QED) is 0.228. The zero-order valence-electron chi connectivity index (χ0n) is 23.8. The van der Waals surface area contributed by atoms with Crippen molar-refractivity contribution < 1.29 is 22.7 Å². The summed E-state index contributed by atoms with van der Waals surface area (Å²) in [7, 11) is -4.18. The van der Waals surface area contributed by atoms with Gasteiger partial charge in [-0.3, -0.25) is 13.9 Å². The summed E-state index contributed by atoms with van der Waals surface area (Å²) in [5.74, 6) is -0.192. The maximum absolute atomic E-state index is 14.1. The Morgan fingerprint density at radius 3 is 2.17 bits per heavy atom. The maximum Gasteiger partial charge on any atom is 0.264 e. The number of nitrogens with zero attached hydrogens (tertiary/aromatic N) is 2. The number of benzene rings is 3. The molecule has 0 aliphatic heterocycles. The van der Waals surface area contributed by atoms with E-state index in [1.54, 1.807) is 24.3 Å². The second-order valence-corrected chi connectivity index (χ2v) is 11.8. The number of halogens is 1. The van der Waals surface area contributed by atoms with E-state index in [1.807, 2.05) is 51.1 Å². The van der Waals surface area contributed by atoms with Crippen molar-refractivity contribution in [2.24, 2.45) is 0 Å². The predicted octanol–water partition coefficient (Wildman–Crippen LogP) is 5.66. The highest BCUT2D eigenvalue weighted by molar-refractivity contribution is 7.92. The number of carbonyl (C=O) groups is 2. The van der Waals surface area contributed by atoms with Crippen molar-refractivity contribution in [3.05, 3.63) is 89.4 Å². The van der Waals surface area contributed by atoms with E-state index in [-0.39, 0.29) is 23.0 Å². The third-order valence-electron chi connectivity index (χ3n) is 6.53. The predicted molar refractivity (Wildman–Crippen MR) is 163 cm³/mol. The Hall–Kier alpha value is -3.56. The molecule has 0 unspecified atom stereocenters. The first-order valence-corrected chi connectivity index (χ1v) is 15.6. The van der Waals surface area contributed by atoms with Crippen molar-refractivity contribution in [2.45, 2.75) is 57.5 Å². The Morgan fingerprint density at radius 2 is 1.59 bits per heavy atom. The van der Waals surface area contributed by atoms with E-state index < -0.39 is 28.5 Å². The monoisotopic (exact) mass is 599 g/mol. The van der Waals surface area contributed by atoms with Crippen molar-refractivity contribution in [1.82, 2.24) is 10.2 Å². The number of nitrogens with one attached hydrogen (secondary N) is 1. The Balaban J connectivity index is 2.02. The van der Waals surface area contributed by atoms with Crippen LogP contribution in [0.1, 0.15) is 45.6 Å². The van der Waals surface area contributed by atoms with Crippen molar-refractivity contribution in [2.75, 3.05) is 24.0 Å². The van der Waals surface area contributed by atoms with Crippen LogP contribution in [0.3, 0.4) is 0 Å². The Bertz CT molecular complexity index is 1370. The molecule has 0 heterocycles. The molecule has 8 nitrogen and oxygen atoms in total. The molecular formula is C31H38ClN3O5S. The van der Waals surface area contributed by atoms with Crippen molar-refractivity contribution >= 4 is 39.1 Å². The van der Waals surface area contributed by atoms with Gasteiger partial charge in [-0.05, 0) is 73.9 Å². The zero-order valence-corrected chi connectivity index (χ0v) is 25.3. The summed E-state index contributed by atoms with van der Waals surface area (Å²) in [6.07, 6.45) is 2.10. The Kier molecular flexibility index (Phi) is 12.0. The molecule has 0 aliphatic rings. The van der Waals surface area contributed by atoms with E-state index in [9.17, 15) is 18.0 Å². The molecular weight excluding hydrogens is 562 g/mol. The summed E-state index contributed by atoms with van der Waals surface area (Å²) < 4.78 is 34.4. The molecule has 1 N–H and O–H groups in total. The van der Waals surface area contributed by atoms with Crippen LogP contribution in [-0.4, -0.2) is 50.9 Å². The van der Waals surface area contributed by atoms with Crippen LogP contribution in [0, 0.1) is 0 Å². The molecule has 1 atom stereocenters. The van der Waals surface area contributed by atoms with E-state index in [2.05, 4.69) is 5.32 Å². The largest absolute Gasteiger partial charge is 0.494 e. The second kappa shape index (κ2) is 15.4. The summed E-state index contributed by atoms with van der Waals surface area (Å²) in [6, 6.07) is 20.9. The number of anilines is 1.